The molecular weight excluding hydrogens is 368 g/mol. The van der Waals surface area contributed by atoms with E-state index in [-0.39, 0.29) is 17.8 Å². The van der Waals surface area contributed by atoms with Crippen LogP contribution in [0.5, 0.6) is 0 Å². The van der Waals surface area contributed by atoms with Gasteiger partial charge >= 0.3 is 11.8 Å². The molecule has 1 saturated heterocycles. The Kier molecular flexibility index (Phi) is 5.16. The highest BCUT2D eigenvalue weighted by molar-refractivity contribution is 6.31. The van der Waals surface area contributed by atoms with Gasteiger partial charge in [-0.3, -0.25) is 4.57 Å². The predicted octanol–water partition coefficient (Wildman–Crippen LogP) is 3.36. The number of carbonyl (C=O) groups excluding carboxylic acids is 1. The van der Waals surface area contributed by atoms with Crippen molar-refractivity contribution in [2.75, 3.05) is 25.0 Å². The maximum Gasteiger partial charge on any atom is 0.410 e. The van der Waals surface area contributed by atoms with Gasteiger partial charge in [-0.25, -0.2) is 9.59 Å². The number of rotatable bonds is 2. The summed E-state index contributed by atoms with van der Waals surface area (Å²) in [6.07, 6.45) is 1.35. The van der Waals surface area contributed by atoms with E-state index in [4.69, 9.17) is 16.3 Å². The van der Waals surface area contributed by atoms with E-state index in [0.29, 0.717) is 5.02 Å². The molecule has 3 rings (SSSR count). The van der Waals surface area contributed by atoms with Crippen LogP contribution in [0, 0.1) is 0 Å². The summed E-state index contributed by atoms with van der Waals surface area (Å²) in [4.78, 5) is 31.1. The summed E-state index contributed by atoms with van der Waals surface area (Å²) in [5.41, 5.74) is 1.86. The van der Waals surface area contributed by atoms with E-state index in [1.165, 1.54) is 0 Å². The number of piperidine rings is 1. The second kappa shape index (κ2) is 7.11. The molecule has 1 aromatic heterocycles. The molecule has 0 bridgehead atoms. The second-order valence-corrected chi connectivity index (χ2v) is 8.56. The predicted molar refractivity (Wildman–Crippen MR) is 108 cm³/mol. The quantitative estimate of drug-likeness (QED) is 0.847. The summed E-state index contributed by atoms with van der Waals surface area (Å²) in [5.74, 6) is 0. The Bertz CT molecular complexity index is 904. The van der Waals surface area contributed by atoms with Crippen molar-refractivity contribution in [1.29, 1.82) is 0 Å². The monoisotopic (exact) mass is 394 g/mol. The number of halogens is 1. The number of fused-ring (bicyclic) bond motifs is 1. The van der Waals surface area contributed by atoms with E-state index >= 15 is 0 Å². The van der Waals surface area contributed by atoms with E-state index in [2.05, 4.69) is 9.88 Å². The van der Waals surface area contributed by atoms with Crippen LogP contribution in [0.15, 0.2) is 16.9 Å². The Morgan fingerprint density at radius 3 is 2.52 bits per heavy atom. The van der Waals surface area contributed by atoms with Gasteiger partial charge in [0, 0.05) is 38.2 Å². The van der Waals surface area contributed by atoms with Crippen molar-refractivity contribution in [3.05, 3.63) is 27.6 Å². The molecule has 1 aromatic carbocycles. The summed E-state index contributed by atoms with van der Waals surface area (Å²) >= 11 is 6.26. The zero-order valence-corrected chi connectivity index (χ0v) is 17.3. The fraction of sp³-hybridized carbons (Fsp3) is 0.579. The van der Waals surface area contributed by atoms with Gasteiger partial charge in [-0.05, 0) is 45.7 Å². The number of benzene rings is 1. The van der Waals surface area contributed by atoms with Crippen LogP contribution in [0.3, 0.4) is 0 Å². The molecule has 0 unspecified atom stereocenters. The van der Waals surface area contributed by atoms with Gasteiger partial charge < -0.3 is 19.5 Å². The lowest BCUT2D eigenvalue weighted by atomic mass is 10.0. The molecule has 1 fully saturated rings. The molecule has 0 saturated carbocycles. The molecule has 148 valence electrons. The highest BCUT2D eigenvalue weighted by atomic mass is 35.5. The molecule has 0 spiro atoms. The van der Waals surface area contributed by atoms with Gasteiger partial charge in [0.05, 0.1) is 16.7 Å². The number of nitrogens with zero attached hydrogens (tertiary/aromatic N) is 3. The van der Waals surface area contributed by atoms with Crippen LogP contribution in [-0.4, -0.2) is 52.3 Å². The van der Waals surface area contributed by atoms with Gasteiger partial charge in [-0.2, -0.15) is 0 Å². The molecule has 1 amide bonds. The third-order valence-electron chi connectivity index (χ3n) is 4.97. The number of imidazole rings is 1. The first-order valence-corrected chi connectivity index (χ1v) is 9.53. The van der Waals surface area contributed by atoms with Crippen LogP contribution in [0.1, 0.15) is 33.6 Å². The molecule has 7 nitrogen and oxygen atoms in total. The van der Waals surface area contributed by atoms with Gasteiger partial charge in [0.15, 0.2) is 0 Å². The summed E-state index contributed by atoms with van der Waals surface area (Å²) in [6, 6.07) is 3.79. The first-order chi connectivity index (χ1) is 12.6. The zero-order chi connectivity index (χ0) is 19.9. The SMILES string of the molecule is CN(C(=O)OC(C)(C)C)C1CCN(c2cc(Cl)cc3[nH]c(=O)n(C)c23)CC1. The van der Waals surface area contributed by atoms with E-state index < -0.39 is 5.60 Å². The van der Waals surface area contributed by atoms with Crippen LogP contribution in [0.2, 0.25) is 5.02 Å². The maximum atomic E-state index is 12.3. The van der Waals surface area contributed by atoms with Crippen LogP contribution in [-0.2, 0) is 11.8 Å². The van der Waals surface area contributed by atoms with E-state index in [1.807, 2.05) is 26.8 Å². The molecule has 8 heteroatoms. The molecule has 0 radical (unpaired) electrons. The normalized spacial score (nSPS) is 16.0. The van der Waals surface area contributed by atoms with Crippen LogP contribution in [0.4, 0.5) is 10.5 Å². The Morgan fingerprint density at radius 1 is 1.30 bits per heavy atom. The lowest BCUT2D eigenvalue weighted by molar-refractivity contribution is 0.0201. The molecule has 1 N–H and O–H groups in total. The third kappa shape index (κ3) is 4.08. The average molecular weight is 395 g/mol. The molecule has 2 aromatic rings. The Labute approximate surface area is 163 Å². The number of aromatic amines is 1. The van der Waals surface area contributed by atoms with Gasteiger partial charge in [0.25, 0.3) is 0 Å². The van der Waals surface area contributed by atoms with Crippen molar-refractivity contribution >= 4 is 34.4 Å². The summed E-state index contributed by atoms with van der Waals surface area (Å²) in [7, 11) is 3.55. The van der Waals surface area contributed by atoms with Crippen molar-refractivity contribution in [3.63, 3.8) is 0 Å². The molecule has 27 heavy (non-hydrogen) atoms. The number of hydrogen-bond donors (Lipinski definition) is 1. The van der Waals surface area contributed by atoms with Gasteiger partial charge in [-0.1, -0.05) is 11.6 Å². The molecule has 0 atom stereocenters. The Morgan fingerprint density at radius 2 is 1.93 bits per heavy atom. The van der Waals surface area contributed by atoms with Gasteiger partial charge in [0.2, 0.25) is 0 Å². The number of carbonyl (C=O) groups is 1. The molecule has 1 aliphatic rings. The summed E-state index contributed by atoms with van der Waals surface area (Å²) in [5, 5.41) is 0.590. The van der Waals surface area contributed by atoms with Crippen molar-refractivity contribution < 1.29 is 9.53 Å². The fourth-order valence-electron chi connectivity index (χ4n) is 3.55. The van der Waals surface area contributed by atoms with Crippen LogP contribution >= 0.6 is 11.6 Å². The largest absolute Gasteiger partial charge is 0.444 e. The minimum Gasteiger partial charge on any atom is -0.444 e. The van der Waals surface area contributed by atoms with Crippen LogP contribution < -0.4 is 10.6 Å². The van der Waals surface area contributed by atoms with E-state index in [1.54, 1.807) is 29.6 Å². The third-order valence-corrected chi connectivity index (χ3v) is 5.19. The molecular formula is C19H27ClN4O3. The minimum atomic E-state index is -0.502. The number of amides is 1. The number of aryl methyl sites for hydroxylation is 1. The lowest BCUT2D eigenvalue weighted by Crippen LogP contribution is -2.47. The number of anilines is 1. The topological polar surface area (TPSA) is 70.6 Å². The first kappa shape index (κ1) is 19.6. The fourth-order valence-corrected chi connectivity index (χ4v) is 3.76. The van der Waals surface area contributed by atoms with Crippen molar-refractivity contribution in [3.8, 4) is 0 Å². The number of nitrogens with one attached hydrogen (secondary N) is 1. The Balaban J connectivity index is 1.76. The van der Waals surface area contributed by atoms with Gasteiger partial charge in [0.1, 0.15) is 5.60 Å². The molecule has 0 aliphatic carbocycles. The van der Waals surface area contributed by atoms with Crippen LogP contribution in [0.25, 0.3) is 11.0 Å². The van der Waals surface area contributed by atoms with Gasteiger partial charge in [-0.15, -0.1) is 0 Å². The molecule has 2 heterocycles. The minimum absolute atomic E-state index is 0.126. The highest BCUT2D eigenvalue weighted by Crippen LogP contribution is 2.31. The summed E-state index contributed by atoms with van der Waals surface area (Å²) in [6.45, 7) is 7.14. The average Bonchev–Trinajstić information content (AvgIpc) is 2.86. The summed E-state index contributed by atoms with van der Waals surface area (Å²) < 4.78 is 7.08. The highest BCUT2D eigenvalue weighted by Gasteiger charge is 2.29. The Hall–Kier alpha value is -2.15. The van der Waals surface area contributed by atoms with E-state index in [9.17, 15) is 9.59 Å². The number of aromatic nitrogens is 2. The van der Waals surface area contributed by atoms with E-state index in [0.717, 1.165) is 42.7 Å². The number of ether oxygens (including phenoxy) is 1. The van der Waals surface area contributed by atoms with Crippen molar-refractivity contribution in [2.45, 2.75) is 45.3 Å². The maximum absolute atomic E-state index is 12.3. The number of H-pyrrole nitrogens is 1. The number of hydrogen-bond acceptors (Lipinski definition) is 4. The zero-order valence-electron chi connectivity index (χ0n) is 16.5. The molecule has 1 aliphatic heterocycles. The first-order valence-electron chi connectivity index (χ1n) is 9.16. The van der Waals surface area contributed by atoms with Crippen molar-refractivity contribution in [1.82, 2.24) is 14.5 Å². The lowest BCUT2D eigenvalue weighted by Gasteiger charge is -2.38. The smallest absolute Gasteiger partial charge is 0.410 e. The standard InChI is InChI=1S/C19H27ClN4O3/c1-19(2,3)27-18(26)22(4)13-6-8-24(9-7-13)15-11-12(20)10-14-16(15)23(5)17(25)21-14/h10-11,13H,6-9H2,1-5H3,(H,21,25). The van der Waals surface area contributed by atoms with Crippen molar-refractivity contribution in [2.24, 2.45) is 7.05 Å². The second-order valence-electron chi connectivity index (χ2n) is 8.12.